The first kappa shape index (κ1) is 21.6. The second-order valence-corrected chi connectivity index (χ2v) is 7.80. The average Bonchev–Trinajstić information content (AvgIpc) is 2.81. The number of carbonyl (C=O) groups is 1. The Morgan fingerprint density at radius 1 is 1.19 bits per heavy atom. The molecule has 0 radical (unpaired) electrons. The minimum absolute atomic E-state index is 0.0762. The summed E-state index contributed by atoms with van der Waals surface area (Å²) in [5.74, 6) is 0.00562. The minimum atomic E-state index is -0.778. The van der Waals surface area contributed by atoms with E-state index in [9.17, 15) is 14.3 Å². The van der Waals surface area contributed by atoms with Gasteiger partial charge in [0.05, 0.1) is 23.5 Å². The Kier molecular flexibility index (Phi) is 6.55. The van der Waals surface area contributed by atoms with Gasteiger partial charge in [0.2, 0.25) is 0 Å². The van der Waals surface area contributed by atoms with Crippen LogP contribution in [-0.4, -0.2) is 38.2 Å². The minimum Gasteiger partial charge on any atom is -0.391 e. The van der Waals surface area contributed by atoms with Crippen LogP contribution in [0.15, 0.2) is 55.1 Å². The molecular weight excluding hydrogens is 411 g/mol. The number of rotatable bonds is 6. The van der Waals surface area contributed by atoms with E-state index in [1.165, 1.54) is 11.0 Å². The number of hydrogen-bond acceptors (Lipinski definition) is 6. The smallest absolute Gasteiger partial charge is 0.319 e. The summed E-state index contributed by atoms with van der Waals surface area (Å²) in [4.78, 5) is 26.1. The number of pyridine rings is 1. The van der Waals surface area contributed by atoms with Gasteiger partial charge in [-0.25, -0.2) is 19.2 Å². The summed E-state index contributed by atoms with van der Waals surface area (Å²) in [6, 6.07) is 6.84. The molecule has 1 fully saturated rings. The number of benzene rings is 1. The molecule has 1 saturated carbocycles. The lowest BCUT2D eigenvalue weighted by atomic mass is 9.91. The molecule has 2 amide bonds. The maximum atomic E-state index is 14.7. The summed E-state index contributed by atoms with van der Waals surface area (Å²) in [7, 11) is 0. The molecule has 2 aromatic heterocycles. The molecule has 3 aromatic rings. The molecule has 32 heavy (non-hydrogen) atoms. The first-order valence-electron chi connectivity index (χ1n) is 10.5. The highest BCUT2D eigenvalue weighted by Crippen LogP contribution is 2.30. The van der Waals surface area contributed by atoms with Crippen LogP contribution in [0.4, 0.5) is 20.6 Å². The molecule has 4 rings (SSSR count). The molecule has 4 N–H and O–H groups in total. The molecule has 2 atom stereocenters. The fourth-order valence-electron chi connectivity index (χ4n) is 4.02. The van der Waals surface area contributed by atoms with Gasteiger partial charge in [-0.15, -0.1) is 0 Å². The lowest BCUT2D eigenvalue weighted by molar-refractivity contribution is 0.106. The standard InChI is InChI=1S/C23H25FN6O2/c24-18-7-6-15(10-20(18)30(23(25)32)19-4-1-2-5-21(19)31)12-29-17-11-16(13-26-14-17)22-27-8-3-9-28-22/h3,6-11,13-14,19,21,29,31H,1-2,4-5,12H2,(H2,25,32)/t19-,21+/m1/s1. The topological polar surface area (TPSA) is 117 Å². The molecule has 1 aliphatic carbocycles. The second kappa shape index (κ2) is 9.69. The number of halogens is 1. The molecule has 0 bridgehead atoms. The van der Waals surface area contributed by atoms with E-state index in [1.54, 1.807) is 43.0 Å². The number of aliphatic hydroxyl groups is 1. The average molecular weight is 436 g/mol. The first-order chi connectivity index (χ1) is 15.5. The van der Waals surface area contributed by atoms with Gasteiger partial charge in [-0.2, -0.15) is 0 Å². The van der Waals surface area contributed by atoms with Crippen LogP contribution in [0.3, 0.4) is 0 Å². The zero-order chi connectivity index (χ0) is 22.5. The second-order valence-electron chi connectivity index (χ2n) is 7.80. The Morgan fingerprint density at radius 3 is 2.72 bits per heavy atom. The predicted octanol–water partition coefficient (Wildman–Crippen LogP) is 3.48. The van der Waals surface area contributed by atoms with Gasteiger partial charge in [-0.3, -0.25) is 9.88 Å². The number of urea groups is 1. The summed E-state index contributed by atoms with van der Waals surface area (Å²) in [6.45, 7) is 0.369. The van der Waals surface area contributed by atoms with E-state index >= 15 is 0 Å². The third-order valence-electron chi connectivity index (χ3n) is 5.59. The number of nitrogens with two attached hydrogens (primary N) is 1. The highest BCUT2D eigenvalue weighted by molar-refractivity contribution is 5.91. The maximum Gasteiger partial charge on any atom is 0.319 e. The van der Waals surface area contributed by atoms with Crippen molar-refractivity contribution in [2.24, 2.45) is 5.73 Å². The Labute approximate surface area is 185 Å². The molecular formula is C23H25FN6O2. The molecule has 1 aliphatic rings. The van der Waals surface area contributed by atoms with Crippen molar-refractivity contribution in [2.45, 2.75) is 44.4 Å². The summed E-state index contributed by atoms with van der Waals surface area (Å²) in [5.41, 5.74) is 7.93. The van der Waals surface area contributed by atoms with Crippen molar-refractivity contribution >= 4 is 17.4 Å². The van der Waals surface area contributed by atoms with Gasteiger partial charge in [0.25, 0.3) is 0 Å². The zero-order valence-corrected chi connectivity index (χ0v) is 17.5. The largest absolute Gasteiger partial charge is 0.391 e. The van der Waals surface area contributed by atoms with E-state index in [2.05, 4.69) is 20.3 Å². The van der Waals surface area contributed by atoms with Gasteiger partial charge < -0.3 is 16.2 Å². The molecule has 0 aliphatic heterocycles. The van der Waals surface area contributed by atoms with Crippen LogP contribution >= 0.6 is 0 Å². The van der Waals surface area contributed by atoms with Gasteiger partial charge >= 0.3 is 6.03 Å². The zero-order valence-electron chi connectivity index (χ0n) is 17.5. The summed E-state index contributed by atoms with van der Waals surface area (Å²) in [6.07, 6.45) is 8.80. The van der Waals surface area contributed by atoms with Crippen LogP contribution in [0.2, 0.25) is 0 Å². The molecule has 0 unspecified atom stereocenters. The number of carbonyl (C=O) groups excluding carboxylic acids is 1. The van der Waals surface area contributed by atoms with E-state index in [0.717, 1.165) is 29.7 Å². The Morgan fingerprint density at radius 2 is 1.97 bits per heavy atom. The normalized spacial score (nSPS) is 18.2. The van der Waals surface area contributed by atoms with Crippen molar-refractivity contribution in [3.8, 4) is 11.4 Å². The van der Waals surface area contributed by atoms with Crippen LogP contribution < -0.4 is 16.0 Å². The summed E-state index contributed by atoms with van der Waals surface area (Å²) >= 11 is 0. The van der Waals surface area contributed by atoms with Crippen molar-refractivity contribution < 1.29 is 14.3 Å². The number of amides is 2. The van der Waals surface area contributed by atoms with Gasteiger partial charge in [-0.1, -0.05) is 18.9 Å². The van der Waals surface area contributed by atoms with Gasteiger partial charge in [-0.05, 0) is 42.7 Å². The van der Waals surface area contributed by atoms with Gasteiger partial charge in [0.1, 0.15) is 5.82 Å². The number of hydrogen-bond donors (Lipinski definition) is 3. The van der Waals surface area contributed by atoms with Crippen molar-refractivity contribution in [2.75, 3.05) is 10.2 Å². The van der Waals surface area contributed by atoms with Crippen molar-refractivity contribution in [3.63, 3.8) is 0 Å². The van der Waals surface area contributed by atoms with Gasteiger partial charge in [0.15, 0.2) is 5.82 Å². The number of aliphatic hydroxyl groups excluding tert-OH is 1. The number of aromatic nitrogens is 3. The fraction of sp³-hybridized carbons (Fsp3) is 0.304. The number of anilines is 2. The van der Waals surface area contributed by atoms with Crippen molar-refractivity contribution in [1.29, 1.82) is 0 Å². The van der Waals surface area contributed by atoms with E-state index in [0.29, 0.717) is 25.2 Å². The highest BCUT2D eigenvalue weighted by Gasteiger charge is 2.33. The summed E-state index contributed by atoms with van der Waals surface area (Å²) < 4.78 is 14.7. The van der Waals surface area contributed by atoms with Crippen LogP contribution in [0, 0.1) is 5.82 Å². The maximum absolute atomic E-state index is 14.7. The Hall–Kier alpha value is -3.59. The molecule has 2 heterocycles. The quantitative estimate of drug-likeness (QED) is 0.545. The van der Waals surface area contributed by atoms with E-state index in [-0.39, 0.29) is 5.69 Å². The van der Waals surface area contributed by atoms with Crippen LogP contribution in [0.1, 0.15) is 31.2 Å². The molecule has 0 spiro atoms. The third-order valence-corrected chi connectivity index (χ3v) is 5.59. The number of primary amides is 1. The first-order valence-corrected chi connectivity index (χ1v) is 10.5. The lowest BCUT2D eigenvalue weighted by Gasteiger charge is -2.36. The SMILES string of the molecule is NC(=O)N(c1cc(CNc2cncc(-c3ncccn3)c2)ccc1F)[C@@H]1CCCC[C@@H]1O. The number of nitrogens with one attached hydrogen (secondary N) is 1. The number of nitrogens with zero attached hydrogens (tertiary/aromatic N) is 4. The molecule has 9 heteroatoms. The Balaban J connectivity index is 1.53. The van der Waals surface area contributed by atoms with E-state index in [4.69, 9.17) is 5.73 Å². The fourth-order valence-corrected chi connectivity index (χ4v) is 4.02. The van der Waals surface area contributed by atoms with Crippen LogP contribution in [-0.2, 0) is 6.54 Å². The molecule has 1 aromatic carbocycles. The van der Waals surface area contributed by atoms with E-state index < -0.39 is 24.0 Å². The molecule has 8 nitrogen and oxygen atoms in total. The monoisotopic (exact) mass is 436 g/mol. The van der Waals surface area contributed by atoms with Crippen molar-refractivity contribution in [3.05, 3.63) is 66.5 Å². The van der Waals surface area contributed by atoms with Crippen LogP contribution in [0.25, 0.3) is 11.4 Å². The predicted molar refractivity (Wildman–Crippen MR) is 119 cm³/mol. The lowest BCUT2D eigenvalue weighted by Crippen LogP contribution is -2.51. The molecule has 0 saturated heterocycles. The summed E-state index contributed by atoms with van der Waals surface area (Å²) in [5, 5.41) is 13.6. The van der Waals surface area contributed by atoms with Gasteiger partial charge in [0, 0.05) is 36.9 Å². The van der Waals surface area contributed by atoms with Crippen molar-refractivity contribution in [1.82, 2.24) is 15.0 Å². The van der Waals surface area contributed by atoms with E-state index in [1.807, 2.05) is 6.07 Å². The van der Waals surface area contributed by atoms with Crippen LogP contribution in [0.5, 0.6) is 0 Å². The Bertz CT molecular complexity index is 1080. The molecule has 166 valence electrons. The highest BCUT2D eigenvalue weighted by atomic mass is 19.1. The third kappa shape index (κ3) is 4.83.